The molecule has 2 rings (SSSR count). The number of nitrogens with zero attached hydrogens (tertiary/aromatic N) is 3. The quantitative estimate of drug-likeness (QED) is 0.530. The first kappa shape index (κ1) is 11.0. The predicted molar refractivity (Wildman–Crippen MR) is 50.5 cm³/mol. The summed E-state index contributed by atoms with van der Waals surface area (Å²) in [6.45, 7) is -0.319. The van der Waals surface area contributed by atoms with Crippen LogP contribution in [-0.2, 0) is 4.74 Å². The van der Waals surface area contributed by atoms with Crippen LogP contribution in [0, 0.1) is 10.1 Å². The Morgan fingerprint density at radius 1 is 1.75 bits per heavy atom. The number of rotatable bonds is 3. The molecule has 2 heterocycles. The molecule has 1 aliphatic heterocycles. The maximum absolute atomic E-state index is 10.6. The molecular formula is C8H11N3O5. The van der Waals surface area contributed by atoms with E-state index in [1.807, 2.05) is 0 Å². The topological polar surface area (TPSA) is 111 Å². The smallest absolute Gasteiger partial charge is 0.394 e. The Kier molecular flexibility index (Phi) is 2.86. The molecule has 0 saturated carbocycles. The minimum Gasteiger partial charge on any atom is -0.394 e. The summed E-state index contributed by atoms with van der Waals surface area (Å²) in [4.78, 5) is 13.6. The van der Waals surface area contributed by atoms with Gasteiger partial charge in [0.15, 0.2) is 6.23 Å². The molecule has 88 valence electrons. The van der Waals surface area contributed by atoms with Gasteiger partial charge in [-0.05, 0) is 4.92 Å². The van der Waals surface area contributed by atoms with Crippen molar-refractivity contribution in [3.8, 4) is 0 Å². The normalized spacial score (nSPS) is 29.5. The molecule has 1 aromatic rings. The third-order valence-corrected chi connectivity index (χ3v) is 2.51. The highest BCUT2D eigenvalue weighted by atomic mass is 16.6. The minimum atomic E-state index is -0.822. The SMILES string of the molecule is O=[N+]([O-])c1nccn1[C@H]1C[C@H](O)[C@@H](CO)O1. The van der Waals surface area contributed by atoms with E-state index in [4.69, 9.17) is 9.84 Å². The Bertz CT molecular complexity index is 393. The fraction of sp³-hybridized carbons (Fsp3) is 0.625. The highest BCUT2D eigenvalue weighted by molar-refractivity contribution is 5.08. The molecule has 0 amide bonds. The number of ether oxygens (including phenoxy) is 1. The summed E-state index contributed by atoms with van der Waals surface area (Å²) in [6.07, 6.45) is 0.719. The van der Waals surface area contributed by atoms with Crippen LogP contribution in [0.15, 0.2) is 12.4 Å². The Morgan fingerprint density at radius 2 is 2.50 bits per heavy atom. The van der Waals surface area contributed by atoms with E-state index in [1.165, 1.54) is 17.0 Å². The van der Waals surface area contributed by atoms with Crippen LogP contribution in [-0.4, -0.2) is 43.5 Å². The van der Waals surface area contributed by atoms with Gasteiger partial charge in [-0.1, -0.05) is 4.98 Å². The van der Waals surface area contributed by atoms with Gasteiger partial charge in [0, 0.05) is 6.42 Å². The summed E-state index contributed by atoms with van der Waals surface area (Å²) in [5.41, 5.74) is 0. The average Bonchev–Trinajstić information content (AvgIpc) is 2.82. The Balaban J connectivity index is 2.20. The average molecular weight is 229 g/mol. The van der Waals surface area contributed by atoms with Crippen molar-refractivity contribution in [2.75, 3.05) is 6.61 Å². The van der Waals surface area contributed by atoms with Crippen LogP contribution in [0.25, 0.3) is 0 Å². The van der Waals surface area contributed by atoms with E-state index in [0.717, 1.165) is 0 Å². The first-order chi connectivity index (χ1) is 7.63. The van der Waals surface area contributed by atoms with Crippen molar-refractivity contribution in [3.63, 3.8) is 0 Å². The molecule has 1 aromatic heterocycles. The number of hydrogen-bond donors (Lipinski definition) is 2. The van der Waals surface area contributed by atoms with Crippen LogP contribution >= 0.6 is 0 Å². The third kappa shape index (κ3) is 1.77. The molecule has 0 spiro atoms. The molecule has 0 bridgehead atoms. The van der Waals surface area contributed by atoms with Crippen molar-refractivity contribution in [2.45, 2.75) is 24.9 Å². The molecule has 8 heteroatoms. The zero-order chi connectivity index (χ0) is 11.7. The number of hydrogen-bond acceptors (Lipinski definition) is 6. The monoisotopic (exact) mass is 229 g/mol. The first-order valence-electron chi connectivity index (χ1n) is 4.75. The zero-order valence-electron chi connectivity index (χ0n) is 8.26. The standard InChI is InChI=1S/C8H11N3O5/c12-4-6-5(13)3-7(16-6)10-2-1-9-8(10)11(14)15/h1-2,5-7,12-13H,3-4H2/t5-,6+,7+/m0/s1. The van der Waals surface area contributed by atoms with E-state index >= 15 is 0 Å². The fourth-order valence-corrected chi connectivity index (χ4v) is 1.72. The predicted octanol–water partition coefficient (Wildman–Crippen LogP) is -0.568. The van der Waals surface area contributed by atoms with Gasteiger partial charge in [-0.15, -0.1) is 0 Å². The molecule has 2 N–H and O–H groups in total. The van der Waals surface area contributed by atoms with E-state index in [9.17, 15) is 15.2 Å². The second-order valence-corrected chi connectivity index (χ2v) is 3.51. The van der Waals surface area contributed by atoms with Crippen LogP contribution < -0.4 is 0 Å². The molecule has 1 saturated heterocycles. The van der Waals surface area contributed by atoms with Crippen molar-refractivity contribution in [1.29, 1.82) is 0 Å². The van der Waals surface area contributed by atoms with Gasteiger partial charge in [-0.25, -0.2) is 4.57 Å². The van der Waals surface area contributed by atoms with Crippen molar-refractivity contribution >= 4 is 5.95 Å². The van der Waals surface area contributed by atoms with E-state index in [0.29, 0.717) is 0 Å². The molecule has 8 nitrogen and oxygen atoms in total. The molecule has 1 fully saturated rings. The van der Waals surface area contributed by atoms with E-state index in [2.05, 4.69) is 4.98 Å². The lowest BCUT2D eigenvalue weighted by Gasteiger charge is -2.10. The number of imidazole rings is 1. The molecule has 1 aliphatic rings. The van der Waals surface area contributed by atoms with Crippen LogP contribution in [0.4, 0.5) is 5.95 Å². The highest BCUT2D eigenvalue weighted by Gasteiger charge is 2.38. The van der Waals surface area contributed by atoms with Crippen molar-refractivity contribution < 1.29 is 19.9 Å². The number of aliphatic hydroxyl groups is 2. The lowest BCUT2D eigenvalue weighted by molar-refractivity contribution is -0.398. The molecule has 0 unspecified atom stereocenters. The summed E-state index contributed by atoms with van der Waals surface area (Å²) >= 11 is 0. The maximum atomic E-state index is 10.6. The van der Waals surface area contributed by atoms with Crippen molar-refractivity contribution in [3.05, 3.63) is 22.5 Å². The van der Waals surface area contributed by atoms with Crippen LogP contribution in [0.5, 0.6) is 0 Å². The molecule has 0 aromatic carbocycles. The largest absolute Gasteiger partial charge is 0.436 e. The zero-order valence-corrected chi connectivity index (χ0v) is 8.26. The van der Waals surface area contributed by atoms with Crippen molar-refractivity contribution in [1.82, 2.24) is 9.55 Å². The van der Waals surface area contributed by atoms with Crippen molar-refractivity contribution in [2.24, 2.45) is 0 Å². The second kappa shape index (κ2) is 4.16. The Labute approximate surface area is 90.2 Å². The molecule has 3 atom stereocenters. The summed E-state index contributed by atoms with van der Waals surface area (Å²) in [7, 11) is 0. The van der Waals surface area contributed by atoms with Gasteiger partial charge in [0.1, 0.15) is 18.5 Å². The van der Waals surface area contributed by atoms with Gasteiger partial charge >= 0.3 is 5.95 Å². The second-order valence-electron chi connectivity index (χ2n) is 3.51. The number of aromatic nitrogens is 2. The molecular weight excluding hydrogens is 218 g/mol. The lowest BCUT2D eigenvalue weighted by Crippen LogP contribution is -2.24. The molecule has 0 aliphatic carbocycles. The molecule has 16 heavy (non-hydrogen) atoms. The Hall–Kier alpha value is -1.51. The van der Waals surface area contributed by atoms with Gasteiger partial charge in [0.05, 0.1) is 12.7 Å². The third-order valence-electron chi connectivity index (χ3n) is 2.51. The summed E-state index contributed by atoms with van der Waals surface area (Å²) in [5, 5.41) is 29.0. The van der Waals surface area contributed by atoms with E-state index < -0.39 is 23.4 Å². The van der Waals surface area contributed by atoms with E-state index in [-0.39, 0.29) is 19.0 Å². The number of nitro groups is 1. The van der Waals surface area contributed by atoms with Gasteiger partial charge in [0.25, 0.3) is 0 Å². The summed E-state index contributed by atoms with van der Waals surface area (Å²) < 4.78 is 6.51. The van der Waals surface area contributed by atoms with E-state index in [1.54, 1.807) is 0 Å². The minimum absolute atomic E-state index is 0.197. The fourth-order valence-electron chi connectivity index (χ4n) is 1.72. The van der Waals surface area contributed by atoms with Gasteiger partial charge < -0.3 is 25.1 Å². The van der Waals surface area contributed by atoms with Crippen LogP contribution in [0.2, 0.25) is 0 Å². The highest BCUT2D eigenvalue weighted by Crippen LogP contribution is 2.30. The maximum Gasteiger partial charge on any atom is 0.436 e. The molecule has 0 radical (unpaired) electrons. The van der Waals surface area contributed by atoms with Crippen LogP contribution in [0.3, 0.4) is 0 Å². The van der Waals surface area contributed by atoms with Gasteiger partial charge in [-0.3, -0.25) is 0 Å². The van der Waals surface area contributed by atoms with Crippen LogP contribution in [0.1, 0.15) is 12.6 Å². The number of aliphatic hydroxyl groups excluding tert-OH is 2. The summed E-state index contributed by atoms with van der Waals surface area (Å²) in [6, 6.07) is 0. The lowest BCUT2D eigenvalue weighted by atomic mass is 10.2. The first-order valence-corrected chi connectivity index (χ1v) is 4.75. The van der Waals surface area contributed by atoms with Gasteiger partial charge in [0.2, 0.25) is 0 Å². The summed E-state index contributed by atoms with van der Waals surface area (Å²) in [5.74, 6) is -0.337. The Morgan fingerprint density at radius 3 is 3.06 bits per heavy atom. The van der Waals surface area contributed by atoms with Gasteiger partial charge in [-0.2, -0.15) is 0 Å².